The highest BCUT2D eigenvalue weighted by Gasteiger charge is 2.06. The van der Waals surface area contributed by atoms with Crippen LogP contribution in [0.4, 0.5) is 10.2 Å². The van der Waals surface area contributed by atoms with E-state index in [0.717, 1.165) is 5.56 Å². The van der Waals surface area contributed by atoms with Gasteiger partial charge in [0.25, 0.3) is 0 Å². The van der Waals surface area contributed by atoms with E-state index in [1.807, 2.05) is 6.07 Å². The van der Waals surface area contributed by atoms with Gasteiger partial charge in [0.05, 0.1) is 0 Å². The first-order valence-electron chi connectivity index (χ1n) is 6.43. The van der Waals surface area contributed by atoms with Gasteiger partial charge in [0.2, 0.25) is 0 Å². The van der Waals surface area contributed by atoms with Crippen LogP contribution in [-0.2, 0) is 6.54 Å². The zero-order valence-electron chi connectivity index (χ0n) is 11.1. The van der Waals surface area contributed by atoms with E-state index < -0.39 is 0 Å². The van der Waals surface area contributed by atoms with Crippen molar-refractivity contribution in [3.63, 3.8) is 0 Å². The Morgan fingerprint density at radius 2 is 1.85 bits per heavy atom. The summed E-state index contributed by atoms with van der Waals surface area (Å²) in [5, 5.41) is 3.93. The van der Waals surface area contributed by atoms with E-state index in [-0.39, 0.29) is 5.82 Å². The molecule has 0 amide bonds. The summed E-state index contributed by atoms with van der Waals surface area (Å²) in [5.74, 6) is 0.318. The fourth-order valence-corrected chi connectivity index (χ4v) is 2.08. The molecule has 3 nitrogen and oxygen atoms in total. The minimum Gasteiger partial charge on any atom is -0.365 e. The summed E-state index contributed by atoms with van der Waals surface area (Å²) < 4.78 is 13.7. The van der Waals surface area contributed by atoms with Crippen molar-refractivity contribution >= 4 is 16.7 Å². The summed E-state index contributed by atoms with van der Waals surface area (Å²) in [7, 11) is 0. The number of aromatic nitrogens is 2. The molecule has 0 bridgehead atoms. The molecule has 2 aromatic carbocycles. The van der Waals surface area contributed by atoms with E-state index in [4.69, 9.17) is 0 Å². The van der Waals surface area contributed by atoms with Gasteiger partial charge in [-0.3, -0.25) is 0 Å². The second kappa shape index (κ2) is 5.25. The molecule has 1 heterocycles. The molecule has 0 spiro atoms. The van der Waals surface area contributed by atoms with Crippen molar-refractivity contribution < 1.29 is 4.39 Å². The summed E-state index contributed by atoms with van der Waals surface area (Å²) >= 11 is 0. The van der Waals surface area contributed by atoms with Gasteiger partial charge in [-0.1, -0.05) is 35.9 Å². The second-order valence-corrected chi connectivity index (χ2v) is 4.70. The van der Waals surface area contributed by atoms with Crippen molar-refractivity contribution in [3.05, 3.63) is 65.7 Å². The molecule has 100 valence electrons. The third-order valence-corrected chi connectivity index (χ3v) is 3.20. The number of benzene rings is 2. The minimum atomic E-state index is -0.330. The van der Waals surface area contributed by atoms with Crippen molar-refractivity contribution in [2.45, 2.75) is 13.5 Å². The lowest BCUT2D eigenvalue weighted by Crippen LogP contribution is -2.03. The van der Waals surface area contributed by atoms with E-state index in [2.05, 4.69) is 46.5 Å². The third kappa shape index (κ3) is 2.45. The number of nitrogens with zero attached hydrogens (tertiary/aromatic N) is 2. The number of hydrogen-bond acceptors (Lipinski definition) is 3. The first kappa shape index (κ1) is 12.5. The van der Waals surface area contributed by atoms with Crippen LogP contribution < -0.4 is 5.32 Å². The molecule has 0 aliphatic heterocycles. The van der Waals surface area contributed by atoms with Crippen LogP contribution in [0.25, 0.3) is 10.9 Å². The van der Waals surface area contributed by atoms with E-state index in [9.17, 15) is 4.39 Å². The lowest BCUT2D eigenvalue weighted by atomic mass is 10.1. The maximum Gasteiger partial charge on any atom is 0.149 e. The molecule has 3 aromatic rings. The molecule has 0 atom stereocenters. The summed E-state index contributed by atoms with van der Waals surface area (Å²) in [4.78, 5) is 8.17. The normalized spacial score (nSPS) is 10.7. The molecular formula is C16H14FN3. The van der Waals surface area contributed by atoms with Gasteiger partial charge >= 0.3 is 0 Å². The van der Waals surface area contributed by atoms with Crippen LogP contribution in [0.1, 0.15) is 11.1 Å². The Morgan fingerprint density at radius 1 is 1.05 bits per heavy atom. The van der Waals surface area contributed by atoms with Gasteiger partial charge in [0, 0.05) is 11.9 Å². The van der Waals surface area contributed by atoms with Gasteiger partial charge in [-0.05, 0) is 24.6 Å². The number of fused-ring (bicyclic) bond motifs is 1. The molecule has 0 aliphatic carbocycles. The van der Waals surface area contributed by atoms with Crippen molar-refractivity contribution in [3.8, 4) is 0 Å². The van der Waals surface area contributed by atoms with Gasteiger partial charge < -0.3 is 5.32 Å². The van der Waals surface area contributed by atoms with Crippen molar-refractivity contribution in [1.29, 1.82) is 0 Å². The quantitative estimate of drug-likeness (QED) is 0.786. The van der Waals surface area contributed by atoms with Crippen LogP contribution in [-0.4, -0.2) is 9.97 Å². The molecule has 1 N–H and O–H groups in total. The second-order valence-electron chi connectivity index (χ2n) is 4.70. The first-order valence-corrected chi connectivity index (χ1v) is 6.43. The Bertz CT molecular complexity index is 738. The predicted octanol–water partition coefficient (Wildman–Crippen LogP) is 3.69. The Morgan fingerprint density at radius 3 is 2.65 bits per heavy atom. The summed E-state index contributed by atoms with van der Waals surface area (Å²) in [6.45, 7) is 2.70. The molecule has 20 heavy (non-hydrogen) atoms. The Labute approximate surface area is 116 Å². The van der Waals surface area contributed by atoms with Crippen LogP contribution in [0.3, 0.4) is 0 Å². The van der Waals surface area contributed by atoms with E-state index >= 15 is 0 Å². The lowest BCUT2D eigenvalue weighted by molar-refractivity contribution is 0.636. The number of para-hydroxylation sites is 1. The Hall–Kier alpha value is -2.49. The van der Waals surface area contributed by atoms with Crippen LogP contribution in [0.15, 0.2) is 48.8 Å². The number of halogens is 1. The Kier molecular flexibility index (Phi) is 3.29. The number of rotatable bonds is 3. The average Bonchev–Trinajstić information content (AvgIpc) is 2.47. The fraction of sp³-hybridized carbons (Fsp3) is 0.125. The Balaban J connectivity index is 1.88. The summed E-state index contributed by atoms with van der Waals surface area (Å²) in [6.07, 6.45) is 1.38. The standard InChI is InChI=1S/C16H14FN3/c1-11-5-7-12(8-6-11)9-18-16-13-3-2-4-14(17)15(13)19-10-20-16/h2-8,10H,9H2,1H3,(H,18,19,20). The molecule has 0 saturated carbocycles. The van der Waals surface area contributed by atoms with E-state index in [1.54, 1.807) is 6.07 Å². The largest absolute Gasteiger partial charge is 0.365 e. The van der Waals surface area contributed by atoms with Crippen molar-refractivity contribution in [2.75, 3.05) is 5.32 Å². The van der Waals surface area contributed by atoms with Gasteiger partial charge in [-0.15, -0.1) is 0 Å². The molecular weight excluding hydrogens is 253 g/mol. The highest BCUT2D eigenvalue weighted by molar-refractivity contribution is 5.89. The molecule has 1 aromatic heterocycles. The topological polar surface area (TPSA) is 37.8 Å². The van der Waals surface area contributed by atoms with Gasteiger partial charge in [0.15, 0.2) is 0 Å². The molecule has 0 fully saturated rings. The number of anilines is 1. The lowest BCUT2D eigenvalue weighted by Gasteiger charge is -2.08. The smallest absolute Gasteiger partial charge is 0.149 e. The van der Waals surface area contributed by atoms with E-state index in [0.29, 0.717) is 23.3 Å². The van der Waals surface area contributed by atoms with E-state index in [1.165, 1.54) is 18.0 Å². The molecule has 0 saturated heterocycles. The minimum absolute atomic E-state index is 0.330. The number of hydrogen-bond donors (Lipinski definition) is 1. The highest BCUT2D eigenvalue weighted by Crippen LogP contribution is 2.21. The van der Waals surface area contributed by atoms with Gasteiger partial charge in [-0.25, -0.2) is 14.4 Å². The predicted molar refractivity (Wildman–Crippen MR) is 78.0 cm³/mol. The molecule has 0 radical (unpaired) electrons. The molecule has 3 rings (SSSR count). The molecule has 4 heteroatoms. The zero-order valence-corrected chi connectivity index (χ0v) is 11.1. The van der Waals surface area contributed by atoms with Crippen LogP contribution >= 0.6 is 0 Å². The van der Waals surface area contributed by atoms with Crippen LogP contribution in [0.5, 0.6) is 0 Å². The monoisotopic (exact) mass is 267 g/mol. The molecule has 0 aliphatic rings. The van der Waals surface area contributed by atoms with Crippen LogP contribution in [0, 0.1) is 12.7 Å². The number of nitrogens with one attached hydrogen (secondary N) is 1. The molecule has 0 unspecified atom stereocenters. The van der Waals surface area contributed by atoms with Gasteiger partial charge in [-0.2, -0.15) is 0 Å². The zero-order chi connectivity index (χ0) is 13.9. The van der Waals surface area contributed by atoms with Crippen molar-refractivity contribution in [2.24, 2.45) is 0 Å². The first-order chi connectivity index (χ1) is 9.74. The highest BCUT2D eigenvalue weighted by atomic mass is 19.1. The fourth-order valence-electron chi connectivity index (χ4n) is 2.08. The maximum atomic E-state index is 13.7. The summed E-state index contributed by atoms with van der Waals surface area (Å²) in [6, 6.07) is 13.1. The van der Waals surface area contributed by atoms with Crippen LogP contribution in [0.2, 0.25) is 0 Å². The average molecular weight is 267 g/mol. The SMILES string of the molecule is Cc1ccc(CNc2ncnc3c(F)cccc23)cc1. The van der Waals surface area contributed by atoms with Gasteiger partial charge in [0.1, 0.15) is 23.5 Å². The number of aryl methyl sites for hydroxylation is 1. The van der Waals surface area contributed by atoms with Crippen molar-refractivity contribution in [1.82, 2.24) is 9.97 Å². The summed E-state index contributed by atoms with van der Waals surface area (Å²) in [5.41, 5.74) is 2.72. The third-order valence-electron chi connectivity index (χ3n) is 3.20. The maximum absolute atomic E-state index is 13.7.